The first kappa shape index (κ1) is 17.3. The summed E-state index contributed by atoms with van der Waals surface area (Å²) in [5, 5.41) is 11.5. The number of carbonyl (C=O) groups is 1. The first-order chi connectivity index (χ1) is 13.2. The molecule has 0 bridgehead atoms. The zero-order chi connectivity index (χ0) is 18.6. The van der Waals surface area contributed by atoms with Gasteiger partial charge in [0.2, 0.25) is 17.6 Å². The van der Waals surface area contributed by atoms with Crippen molar-refractivity contribution in [1.29, 1.82) is 0 Å². The van der Waals surface area contributed by atoms with Crippen molar-refractivity contribution in [3.63, 3.8) is 0 Å². The van der Waals surface area contributed by atoms with E-state index in [0.717, 1.165) is 36.6 Å². The van der Waals surface area contributed by atoms with Crippen LogP contribution in [0.1, 0.15) is 30.6 Å². The number of amides is 1. The summed E-state index contributed by atoms with van der Waals surface area (Å²) in [6, 6.07) is 5.75. The molecule has 3 aromatic rings. The Morgan fingerprint density at radius 1 is 1.30 bits per heavy atom. The van der Waals surface area contributed by atoms with Crippen LogP contribution in [0.5, 0.6) is 0 Å². The van der Waals surface area contributed by atoms with E-state index in [1.165, 1.54) is 0 Å². The summed E-state index contributed by atoms with van der Waals surface area (Å²) < 4.78 is 7.40. The molecule has 0 aliphatic carbocycles. The van der Waals surface area contributed by atoms with Crippen LogP contribution < -0.4 is 5.32 Å². The molecule has 0 radical (unpaired) electrons. The maximum Gasteiger partial charge on any atom is 0.241 e. The van der Waals surface area contributed by atoms with Crippen LogP contribution >= 0.6 is 0 Å². The highest BCUT2D eigenvalue weighted by Gasteiger charge is 2.21. The zero-order valence-electron chi connectivity index (χ0n) is 15.1. The van der Waals surface area contributed by atoms with E-state index >= 15 is 0 Å². The minimum atomic E-state index is 0.0315. The van der Waals surface area contributed by atoms with Gasteiger partial charge < -0.3 is 9.84 Å². The van der Waals surface area contributed by atoms with Gasteiger partial charge in [-0.1, -0.05) is 12.1 Å². The molecule has 0 spiro atoms. The van der Waals surface area contributed by atoms with Gasteiger partial charge in [0, 0.05) is 37.5 Å². The number of carbonyl (C=O) groups excluding carboxylic acids is 1. The molecule has 4 rings (SSSR count). The Morgan fingerprint density at radius 2 is 2.15 bits per heavy atom. The molecule has 140 valence electrons. The Morgan fingerprint density at radius 3 is 2.96 bits per heavy atom. The molecule has 9 heteroatoms. The van der Waals surface area contributed by atoms with Crippen molar-refractivity contribution in [3.8, 4) is 11.4 Å². The standard InChI is InChI=1S/C18H21N7O2/c1-2-16(26)20-10-14-9-15-11-24(7-8-25(15)22-14)12-17-21-18(23-27-17)13-3-5-19-6-4-13/h3-6,9H,2,7-8,10-12H2,1H3,(H,20,26). The largest absolute Gasteiger partial charge is 0.350 e. The smallest absolute Gasteiger partial charge is 0.241 e. The first-order valence-electron chi connectivity index (χ1n) is 8.99. The van der Waals surface area contributed by atoms with Crippen molar-refractivity contribution in [2.75, 3.05) is 6.54 Å². The van der Waals surface area contributed by atoms with Gasteiger partial charge in [0.1, 0.15) is 0 Å². The van der Waals surface area contributed by atoms with E-state index < -0.39 is 0 Å². The quantitative estimate of drug-likeness (QED) is 0.702. The van der Waals surface area contributed by atoms with Crippen molar-refractivity contribution in [3.05, 3.63) is 47.9 Å². The van der Waals surface area contributed by atoms with E-state index in [1.54, 1.807) is 12.4 Å². The van der Waals surface area contributed by atoms with Crippen molar-refractivity contribution in [2.45, 2.75) is 39.5 Å². The summed E-state index contributed by atoms with van der Waals surface area (Å²) in [6.07, 6.45) is 3.89. The predicted molar refractivity (Wildman–Crippen MR) is 96.0 cm³/mol. The second kappa shape index (κ2) is 7.67. The molecule has 0 atom stereocenters. The summed E-state index contributed by atoms with van der Waals surface area (Å²) in [4.78, 5) is 22.1. The third-order valence-electron chi connectivity index (χ3n) is 4.48. The highest BCUT2D eigenvalue weighted by atomic mass is 16.5. The molecule has 3 aromatic heterocycles. The summed E-state index contributed by atoms with van der Waals surface area (Å²) in [6.45, 7) is 5.28. The molecule has 0 fully saturated rings. The number of fused-ring (bicyclic) bond motifs is 1. The molecule has 1 aliphatic rings. The summed E-state index contributed by atoms with van der Waals surface area (Å²) in [5.74, 6) is 1.19. The lowest BCUT2D eigenvalue weighted by Gasteiger charge is -2.25. The molecule has 1 N–H and O–H groups in total. The molecule has 1 amide bonds. The van der Waals surface area contributed by atoms with Crippen LogP contribution in [0.2, 0.25) is 0 Å². The number of aromatic nitrogens is 5. The van der Waals surface area contributed by atoms with E-state index in [0.29, 0.717) is 31.2 Å². The number of nitrogens with zero attached hydrogens (tertiary/aromatic N) is 6. The summed E-state index contributed by atoms with van der Waals surface area (Å²) in [5.41, 5.74) is 2.89. The Kier molecular flexibility index (Phi) is 4.93. The summed E-state index contributed by atoms with van der Waals surface area (Å²) in [7, 11) is 0. The van der Waals surface area contributed by atoms with Gasteiger partial charge in [-0.15, -0.1) is 0 Å². The van der Waals surface area contributed by atoms with Crippen LogP contribution in [0.25, 0.3) is 11.4 Å². The van der Waals surface area contributed by atoms with Crippen LogP contribution in [0.15, 0.2) is 35.1 Å². The van der Waals surface area contributed by atoms with E-state index in [1.807, 2.05) is 29.8 Å². The fourth-order valence-corrected chi connectivity index (χ4v) is 3.04. The molecule has 0 aromatic carbocycles. The molecule has 9 nitrogen and oxygen atoms in total. The fraction of sp³-hybridized carbons (Fsp3) is 0.389. The lowest BCUT2D eigenvalue weighted by atomic mass is 10.2. The van der Waals surface area contributed by atoms with Gasteiger partial charge in [0.25, 0.3) is 0 Å². The van der Waals surface area contributed by atoms with Crippen LogP contribution in [-0.2, 0) is 31.0 Å². The third-order valence-corrected chi connectivity index (χ3v) is 4.48. The monoisotopic (exact) mass is 367 g/mol. The number of nitrogens with one attached hydrogen (secondary N) is 1. The lowest BCUT2D eigenvalue weighted by Crippen LogP contribution is -2.33. The normalized spacial score (nSPS) is 14.1. The zero-order valence-corrected chi connectivity index (χ0v) is 15.1. The van der Waals surface area contributed by atoms with Crippen LogP contribution in [0.3, 0.4) is 0 Å². The van der Waals surface area contributed by atoms with E-state index in [9.17, 15) is 4.79 Å². The van der Waals surface area contributed by atoms with Gasteiger partial charge in [0.15, 0.2) is 0 Å². The molecule has 0 saturated heterocycles. The van der Waals surface area contributed by atoms with Crippen LogP contribution in [0.4, 0.5) is 0 Å². The molecule has 1 aliphatic heterocycles. The molecule has 4 heterocycles. The maximum absolute atomic E-state index is 11.4. The minimum Gasteiger partial charge on any atom is -0.350 e. The van der Waals surface area contributed by atoms with Gasteiger partial charge in [-0.25, -0.2) is 0 Å². The molecule has 0 unspecified atom stereocenters. The van der Waals surface area contributed by atoms with Crippen molar-refractivity contribution in [1.82, 2.24) is 35.1 Å². The van der Waals surface area contributed by atoms with Gasteiger partial charge in [0.05, 0.1) is 31.0 Å². The molecular formula is C18H21N7O2. The van der Waals surface area contributed by atoms with Crippen molar-refractivity contribution < 1.29 is 9.32 Å². The lowest BCUT2D eigenvalue weighted by molar-refractivity contribution is -0.120. The second-order valence-electron chi connectivity index (χ2n) is 6.44. The van der Waals surface area contributed by atoms with Gasteiger partial charge in [-0.3, -0.25) is 19.4 Å². The van der Waals surface area contributed by atoms with Gasteiger partial charge in [-0.05, 0) is 18.2 Å². The van der Waals surface area contributed by atoms with E-state index in [-0.39, 0.29) is 5.91 Å². The Labute approximate surface area is 156 Å². The highest BCUT2D eigenvalue weighted by molar-refractivity contribution is 5.75. The molecular weight excluding hydrogens is 346 g/mol. The second-order valence-corrected chi connectivity index (χ2v) is 6.44. The van der Waals surface area contributed by atoms with Crippen molar-refractivity contribution in [2.24, 2.45) is 0 Å². The Bertz CT molecular complexity index is 919. The molecule has 0 saturated carbocycles. The number of pyridine rings is 1. The SMILES string of the molecule is CCC(=O)NCc1cc2n(n1)CCN(Cc1nc(-c3ccncc3)no1)C2. The molecule has 27 heavy (non-hydrogen) atoms. The van der Waals surface area contributed by atoms with Gasteiger partial charge in [-0.2, -0.15) is 10.1 Å². The van der Waals surface area contributed by atoms with E-state index in [4.69, 9.17) is 4.52 Å². The number of hydrogen-bond donors (Lipinski definition) is 1. The fourth-order valence-electron chi connectivity index (χ4n) is 3.04. The average Bonchev–Trinajstić information content (AvgIpc) is 3.33. The highest BCUT2D eigenvalue weighted by Crippen LogP contribution is 2.18. The van der Waals surface area contributed by atoms with Gasteiger partial charge >= 0.3 is 0 Å². The topological polar surface area (TPSA) is 102 Å². The Balaban J connectivity index is 1.38. The predicted octanol–water partition coefficient (Wildman–Crippen LogP) is 1.37. The Hall–Kier alpha value is -3.07. The van der Waals surface area contributed by atoms with Crippen LogP contribution in [-0.4, -0.2) is 42.3 Å². The van der Waals surface area contributed by atoms with E-state index in [2.05, 4.69) is 30.4 Å². The van der Waals surface area contributed by atoms with Crippen molar-refractivity contribution >= 4 is 5.91 Å². The van der Waals surface area contributed by atoms with Crippen LogP contribution in [0, 0.1) is 0 Å². The first-order valence-corrected chi connectivity index (χ1v) is 8.99. The summed E-state index contributed by atoms with van der Waals surface area (Å²) >= 11 is 0. The number of hydrogen-bond acceptors (Lipinski definition) is 7. The number of rotatable bonds is 6. The third kappa shape index (κ3) is 4.03. The maximum atomic E-state index is 11.4. The minimum absolute atomic E-state index is 0.0315. The average molecular weight is 367 g/mol.